The summed E-state index contributed by atoms with van der Waals surface area (Å²) < 4.78 is 0. The summed E-state index contributed by atoms with van der Waals surface area (Å²) in [4.78, 5) is 40.2. The van der Waals surface area contributed by atoms with Crippen molar-refractivity contribution in [3.8, 4) is 0 Å². The average molecular weight is 629 g/mol. The van der Waals surface area contributed by atoms with Crippen LogP contribution in [0.5, 0.6) is 0 Å². The van der Waals surface area contributed by atoms with Gasteiger partial charge in [-0.05, 0) is 117 Å². The number of aromatic nitrogens is 4. The number of hydrogen-bond donors (Lipinski definition) is 6. The second-order valence-corrected chi connectivity index (χ2v) is 12.9. The first-order valence-electron chi connectivity index (χ1n) is 14.4. The third-order valence-electron chi connectivity index (χ3n) is 8.37. The van der Waals surface area contributed by atoms with Gasteiger partial charge in [0, 0.05) is 50.6 Å². The van der Waals surface area contributed by atoms with Crippen molar-refractivity contribution >= 4 is 87.6 Å². The zero-order valence-corrected chi connectivity index (χ0v) is 27.3. The number of carboxylic acid groups (broad SMARTS) is 2. The highest BCUT2D eigenvalue weighted by Gasteiger charge is 2.23. The SMILES string of the molecule is CC1=C(CCC(=O)O)c2cc3[nH]c(cc4[nH]c(cc5nc(cc1n2)C(C)=C5[C@H](C)S)c(C)c4[C@H](C)S)c(C)c3/C=C\C(=O)O. The maximum atomic E-state index is 11.6. The van der Waals surface area contributed by atoms with Crippen LogP contribution in [0.15, 0.2) is 30.3 Å². The molecule has 0 radical (unpaired) electrons. The summed E-state index contributed by atoms with van der Waals surface area (Å²) in [5.41, 5.74) is 13.6. The van der Waals surface area contributed by atoms with Crippen LogP contribution in [0.1, 0.15) is 90.8 Å². The number of thiol groups is 2. The van der Waals surface area contributed by atoms with Crippen molar-refractivity contribution in [2.75, 3.05) is 0 Å². The number of aromatic amines is 2. The molecule has 5 rings (SSSR count). The molecule has 0 unspecified atom stereocenters. The molecular formula is C34H36N4O4S2. The van der Waals surface area contributed by atoms with Crippen molar-refractivity contribution < 1.29 is 19.8 Å². The zero-order valence-electron chi connectivity index (χ0n) is 25.5. The van der Waals surface area contributed by atoms with E-state index >= 15 is 0 Å². The molecule has 4 N–H and O–H groups in total. The molecule has 10 heteroatoms. The number of rotatable bonds is 7. The lowest BCUT2D eigenvalue weighted by molar-refractivity contribution is -0.137. The van der Waals surface area contributed by atoms with E-state index in [4.69, 9.17) is 35.2 Å². The van der Waals surface area contributed by atoms with Gasteiger partial charge in [-0.25, -0.2) is 14.8 Å². The number of aryl methyl sites for hydroxylation is 2. The van der Waals surface area contributed by atoms with E-state index in [1.807, 2.05) is 52.8 Å². The van der Waals surface area contributed by atoms with Crippen LogP contribution < -0.4 is 0 Å². The summed E-state index contributed by atoms with van der Waals surface area (Å²) in [5, 5.41) is 18.8. The number of fused-ring (bicyclic) bond motifs is 8. The summed E-state index contributed by atoms with van der Waals surface area (Å²) in [7, 11) is 0. The van der Waals surface area contributed by atoms with E-state index in [1.54, 1.807) is 6.08 Å². The minimum absolute atomic E-state index is 0.0472. The van der Waals surface area contributed by atoms with Gasteiger partial charge in [-0.1, -0.05) is 0 Å². The van der Waals surface area contributed by atoms with Gasteiger partial charge in [-0.15, -0.1) is 0 Å². The number of aliphatic carboxylic acids is 2. The van der Waals surface area contributed by atoms with Crippen LogP contribution in [-0.4, -0.2) is 47.3 Å². The van der Waals surface area contributed by atoms with E-state index < -0.39 is 11.9 Å². The van der Waals surface area contributed by atoms with Gasteiger partial charge in [0.2, 0.25) is 0 Å². The molecule has 44 heavy (non-hydrogen) atoms. The van der Waals surface area contributed by atoms with Crippen LogP contribution in [0.25, 0.3) is 50.4 Å². The van der Waals surface area contributed by atoms with Crippen molar-refractivity contribution in [1.29, 1.82) is 0 Å². The molecule has 0 aliphatic carbocycles. The predicted octanol–water partition coefficient (Wildman–Crippen LogP) is 8.06. The Hall–Kier alpha value is -4.02. The molecule has 0 spiro atoms. The molecule has 3 aromatic rings. The molecule has 0 saturated heterocycles. The predicted molar refractivity (Wildman–Crippen MR) is 185 cm³/mol. The second kappa shape index (κ2) is 12.2. The number of carboxylic acids is 2. The summed E-state index contributed by atoms with van der Waals surface area (Å²) >= 11 is 9.61. The van der Waals surface area contributed by atoms with Crippen molar-refractivity contribution in [2.45, 2.75) is 64.9 Å². The molecule has 3 aromatic heterocycles. The zero-order chi connectivity index (χ0) is 32.0. The lowest BCUT2D eigenvalue weighted by atomic mass is 10.00. The Balaban J connectivity index is 1.98. The average Bonchev–Trinajstić information content (AvgIpc) is 3.59. The quantitative estimate of drug-likeness (QED) is 0.116. The largest absolute Gasteiger partial charge is 0.481 e. The van der Waals surface area contributed by atoms with Crippen molar-refractivity contribution in [2.24, 2.45) is 0 Å². The fourth-order valence-electron chi connectivity index (χ4n) is 6.09. The smallest absolute Gasteiger partial charge is 0.328 e. The van der Waals surface area contributed by atoms with E-state index in [0.717, 1.165) is 73.0 Å². The molecule has 8 nitrogen and oxygen atoms in total. The fourth-order valence-corrected chi connectivity index (χ4v) is 6.75. The Morgan fingerprint density at radius 2 is 1.41 bits per heavy atom. The van der Waals surface area contributed by atoms with E-state index in [2.05, 4.69) is 23.0 Å². The topological polar surface area (TPSA) is 132 Å². The first kappa shape index (κ1) is 31.4. The highest BCUT2D eigenvalue weighted by molar-refractivity contribution is 7.81. The number of carbonyl (C=O) groups is 2. The van der Waals surface area contributed by atoms with Gasteiger partial charge in [-0.2, -0.15) is 25.3 Å². The van der Waals surface area contributed by atoms with Crippen molar-refractivity contribution in [1.82, 2.24) is 19.9 Å². The molecule has 2 aliphatic rings. The lowest BCUT2D eigenvalue weighted by Crippen LogP contribution is -1.95. The Bertz CT molecular complexity index is 1980. The maximum Gasteiger partial charge on any atom is 0.328 e. The summed E-state index contributed by atoms with van der Waals surface area (Å²) in [6.07, 6.45) is 2.94. The van der Waals surface area contributed by atoms with Crippen LogP contribution >= 0.6 is 25.3 Å². The minimum Gasteiger partial charge on any atom is -0.481 e. The van der Waals surface area contributed by atoms with Gasteiger partial charge in [0.1, 0.15) is 0 Å². The third kappa shape index (κ3) is 5.88. The number of nitrogens with one attached hydrogen (secondary N) is 2. The summed E-state index contributed by atoms with van der Waals surface area (Å²) in [5.74, 6) is -1.95. The molecule has 0 aromatic carbocycles. The van der Waals surface area contributed by atoms with Crippen molar-refractivity contribution in [3.63, 3.8) is 0 Å². The van der Waals surface area contributed by atoms with E-state index in [-0.39, 0.29) is 16.9 Å². The van der Waals surface area contributed by atoms with Gasteiger partial charge >= 0.3 is 11.9 Å². The van der Waals surface area contributed by atoms with Gasteiger partial charge in [0.05, 0.1) is 22.8 Å². The number of nitrogens with zero attached hydrogens (tertiary/aromatic N) is 2. The Morgan fingerprint density at radius 3 is 2.05 bits per heavy atom. The van der Waals surface area contributed by atoms with Gasteiger partial charge < -0.3 is 20.2 Å². The Kier molecular flexibility index (Phi) is 8.68. The molecule has 2 aliphatic heterocycles. The van der Waals surface area contributed by atoms with Crippen LogP contribution in [-0.2, 0) is 9.59 Å². The molecule has 5 heterocycles. The molecule has 0 fully saturated rings. The van der Waals surface area contributed by atoms with Crippen molar-refractivity contribution in [3.05, 3.63) is 75.4 Å². The first-order valence-corrected chi connectivity index (χ1v) is 15.5. The third-order valence-corrected chi connectivity index (χ3v) is 8.88. The summed E-state index contributed by atoms with van der Waals surface area (Å²) in [6.45, 7) is 12.1. The Morgan fingerprint density at radius 1 is 0.795 bits per heavy atom. The summed E-state index contributed by atoms with van der Waals surface area (Å²) in [6, 6.07) is 7.90. The van der Waals surface area contributed by atoms with Gasteiger partial charge in [0.15, 0.2) is 0 Å². The molecular weight excluding hydrogens is 593 g/mol. The second-order valence-electron chi connectivity index (χ2n) is 11.4. The molecule has 0 amide bonds. The van der Waals surface area contributed by atoms with Gasteiger partial charge in [0.25, 0.3) is 0 Å². The van der Waals surface area contributed by atoms with E-state index in [9.17, 15) is 19.8 Å². The molecule has 0 saturated carbocycles. The minimum atomic E-state index is -1.06. The highest BCUT2D eigenvalue weighted by atomic mass is 32.1. The maximum absolute atomic E-state index is 11.6. The first-order chi connectivity index (χ1) is 20.8. The number of allylic oxidation sites excluding steroid dienone is 3. The van der Waals surface area contributed by atoms with Crippen LogP contribution in [0.3, 0.4) is 0 Å². The van der Waals surface area contributed by atoms with Crippen LogP contribution in [0.4, 0.5) is 0 Å². The molecule has 228 valence electrons. The molecule has 8 bridgehead atoms. The fraction of sp³-hybridized carbons (Fsp3) is 0.294. The molecule has 2 atom stereocenters. The van der Waals surface area contributed by atoms with E-state index in [0.29, 0.717) is 28.9 Å². The highest BCUT2D eigenvalue weighted by Crippen LogP contribution is 2.39. The lowest BCUT2D eigenvalue weighted by Gasteiger charge is -2.07. The number of H-pyrrole nitrogens is 2. The standard InChI is InChI=1S/C34H36N4O4S2/c1-15-21(7-9-31(39)40)27-14-28-22(8-10-32(41)42)16(2)24(36-28)12-29-34(20(6)44)18(4)26(38-29)13-30-33(19(5)43)17(3)25(37-30)11-23(15)35-27/h8,10-14,19-20,36,38,43-44H,7,9H2,1-6H3,(H,39,40)(H,41,42)/b10-8-,23-11?,24-12?,25-11?,26-13?,27-14?,28-14?,29-12?,30-13?/t19-,20-/m0/s1. The normalized spacial score (nSPS) is 14.9. The van der Waals surface area contributed by atoms with Crippen LogP contribution in [0, 0.1) is 13.8 Å². The number of hydrogen-bond acceptors (Lipinski definition) is 6. The monoisotopic (exact) mass is 628 g/mol. The van der Waals surface area contributed by atoms with Crippen LogP contribution in [0.2, 0.25) is 0 Å². The van der Waals surface area contributed by atoms with E-state index in [1.165, 1.54) is 0 Å². The Labute approximate surface area is 266 Å². The van der Waals surface area contributed by atoms with Gasteiger partial charge in [-0.3, -0.25) is 4.79 Å².